The molecule has 41 heavy (non-hydrogen) atoms. The third-order valence-corrected chi connectivity index (χ3v) is 9.64. The number of fused-ring (bicyclic) bond motifs is 1. The maximum Gasteiger partial charge on any atom is 0.416 e. The molecule has 1 aromatic heterocycles. The zero-order chi connectivity index (χ0) is 30.3. The lowest BCUT2D eigenvalue weighted by molar-refractivity contribution is -0.138. The molecule has 1 aliphatic heterocycles. The van der Waals surface area contributed by atoms with Gasteiger partial charge in [-0.3, -0.25) is 14.3 Å². The summed E-state index contributed by atoms with van der Waals surface area (Å²) in [7, 11) is -3.76. The number of benzene rings is 2. The number of aromatic amines is 1. The van der Waals surface area contributed by atoms with E-state index in [0.29, 0.717) is 29.6 Å². The highest BCUT2D eigenvalue weighted by Crippen LogP contribution is 2.39. The average Bonchev–Trinajstić information content (AvgIpc) is 3.34. The highest BCUT2D eigenvalue weighted by atomic mass is 35.5. The van der Waals surface area contributed by atoms with Crippen molar-refractivity contribution in [3.63, 3.8) is 0 Å². The second-order valence-electron chi connectivity index (χ2n) is 10.6. The van der Waals surface area contributed by atoms with Gasteiger partial charge in [-0.15, -0.1) is 0 Å². The van der Waals surface area contributed by atoms with E-state index in [2.05, 4.69) is 24.1 Å². The first kappa shape index (κ1) is 31.6. The highest BCUT2D eigenvalue weighted by Gasteiger charge is 2.37. The number of nitrogens with zero attached hydrogens (tertiary/aromatic N) is 2. The molecule has 0 amide bonds. The van der Waals surface area contributed by atoms with Crippen LogP contribution in [0.2, 0.25) is 10.0 Å². The molecule has 1 fully saturated rings. The van der Waals surface area contributed by atoms with Crippen LogP contribution in [0.4, 0.5) is 13.2 Å². The first-order chi connectivity index (χ1) is 19.1. The number of hydrogen-bond donors (Lipinski definition) is 2. The Labute approximate surface area is 245 Å². The molecule has 2 heterocycles. The van der Waals surface area contributed by atoms with E-state index in [1.54, 1.807) is 0 Å². The number of hydrogen-bond acceptors (Lipinski definition) is 6. The Morgan fingerprint density at radius 3 is 2.49 bits per heavy atom. The van der Waals surface area contributed by atoms with E-state index in [1.165, 1.54) is 25.1 Å². The van der Waals surface area contributed by atoms with E-state index in [4.69, 9.17) is 23.2 Å². The van der Waals surface area contributed by atoms with Gasteiger partial charge < -0.3 is 10.3 Å². The summed E-state index contributed by atoms with van der Waals surface area (Å²) in [6.07, 6.45) is -4.06. The van der Waals surface area contributed by atoms with Crippen LogP contribution in [0.15, 0.2) is 38.8 Å². The zero-order valence-electron chi connectivity index (χ0n) is 22.7. The fourth-order valence-electron chi connectivity index (χ4n) is 5.01. The van der Waals surface area contributed by atoms with Gasteiger partial charge in [0.05, 0.1) is 38.7 Å². The first-order valence-corrected chi connectivity index (χ1v) is 15.6. The van der Waals surface area contributed by atoms with Crippen molar-refractivity contribution in [2.75, 3.05) is 25.4 Å². The van der Waals surface area contributed by atoms with Crippen LogP contribution >= 0.6 is 23.2 Å². The Bertz CT molecular complexity index is 1690. The molecule has 2 N–H and O–H groups in total. The predicted molar refractivity (Wildman–Crippen MR) is 154 cm³/mol. The lowest BCUT2D eigenvalue weighted by atomic mass is 10.0. The smallest absolute Gasteiger partial charge is 0.312 e. The van der Waals surface area contributed by atoms with Gasteiger partial charge >= 0.3 is 11.9 Å². The standard InChI is InChI=1S/C27H31Cl2F3N4O4S/c1-4-41(39,40)22-6-5-17(28)9-16(22)12-36-25(37)19-10-21(27(30,31)32)20(23(29)24(19)34-26(36)38)14-35-8-7-18(13-35)33-11-15(2)3/h5-6,9-10,15,18,33H,4,7-8,11-14H2,1-3H3,(H,34,38)/t18-/m1/s1. The zero-order valence-corrected chi connectivity index (χ0v) is 25.1. The van der Waals surface area contributed by atoms with Crippen LogP contribution in [0.1, 0.15) is 43.9 Å². The van der Waals surface area contributed by atoms with Gasteiger partial charge in [0, 0.05) is 30.7 Å². The molecule has 0 unspecified atom stereocenters. The Hall–Kier alpha value is -2.38. The van der Waals surface area contributed by atoms with Crippen molar-refractivity contribution in [1.29, 1.82) is 0 Å². The van der Waals surface area contributed by atoms with Crippen LogP contribution in [0.25, 0.3) is 10.9 Å². The largest absolute Gasteiger partial charge is 0.416 e. The minimum Gasteiger partial charge on any atom is -0.312 e. The van der Waals surface area contributed by atoms with E-state index >= 15 is 0 Å². The number of nitrogens with one attached hydrogen (secondary N) is 2. The molecule has 0 aliphatic carbocycles. The van der Waals surface area contributed by atoms with Crippen LogP contribution in [0.5, 0.6) is 0 Å². The number of rotatable bonds is 9. The monoisotopic (exact) mass is 634 g/mol. The average molecular weight is 636 g/mol. The van der Waals surface area contributed by atoms with Gasteiger partial charge in [-0.1, -0.05) is 44.0 Å². The number of aromatic nitrogens is 2. The molecule has 0 spiro atoms. The van der Waals surface area contributed by atoms with Crippen molar-refractivity contribution in [1.82, 2.24) is 19.8 Å². The molecular formula is C27H31Cl2F3N4O4S. The van der Waals surface area contributed by atoms with Crippen molar-refractivity contribution in [2.24, 2.45) is 5.92 Å². The molecule has 224 valence electrons. The van der Waals surface area contributed by atoms with Crippen molar-refractivity contribution in [3.05, 3.63) is 71.8 Å². The number of sulfone groups is 1. The van der Waals surface area contributed by atoms with E-state index in [9.17, 15) is 31.2 Å². The molecule has 1 atom stereocenters. The van der Waals surface area contributed by atoms with Crippen LogP contribution in [0, 0.1) is 5.92 Å². The van der Waals surface area contributed by atoms with E-state index < -0.39 is 44.8 Å². The van der Waals surface area contributed by atoms with E-state index in [1.807, 2.05) is 4.90 Å². The van der Waals surface area contributed by atoms with Crippen molar-refractivity contribution in [2.45, 2.75) is 57.4 Å². The fraction of sp³-hybridized carbons (Fsp3) is 0.481. The topological polar surface area (TPSA) is 104 Å². The minimum absolute atomic E-state index is 0.0553. The van der Waals surface area contributed by atoms with Crippen LogP contribution in [-0.2, 0) is 29.1 Å². The van der Waals surface area contributed by atoms with Crippen LogP contribution < -0.4 is 16.6 Å². The molecule has 1 saturated heterocycles. The number of halogens is 5. The summed E-state index contributed by atoms with van der Waals surface area (Å²) < 4.78 is 68.7. The van der Waals surface area contributed by atoms with E-state index in [0.717, 1.165) is 13.0 Å². The molecule has 0 bridgehead atoms. The number of H-pyrrole nitrogens is 1. The molecule has 0 radical (unpaired) electrons. The third kappa shape index (κ3) is 6.83. The summed E-state index contributed by atoms with van der Waals surface area (Å²) in [5.41, 5.74) is -3.44. The summed E-state index contributed by atoms with van der Waals surface area (Å²) in [5.74, 6) is 0.182. The van der Waals surface area contributed by atoms with E-state index in [-0.39, 0.29) is 49.9 Å². The Morgan fingerprint density at radius 2 is 1.85 bits per heavy atom. The lowest BCUT2D eigenvalue weighted by Gasteiger charge is -2.22. The van der Waals surface area contributed by atoms with Crippen molar-refractivity contribution in [3.8, 4) is 0 Å². The SMILES string of the molecule is CCS(=O)(=O)c1ccc(Cl)cc1Cn1c(=O)[nH]c2c(Cl)c(CN3CC[C@@H](NCC(C)C)C3)c(C(F)(F)F)cc2c1=O. The maximum absolute atomic E-state index is 14.3. The van der Waals surface area contributed by atoms with Crippen molar-refractivity contribution < 1.29 is 21.6 Å². The predicted octanol–water partition coefficient (Wildman–Crippen LogP) is 4.68. The fourth-order valence-corrected chi connectivity index (χ4v) is 6.63. The summed E-state index contributed by atoms with van der Waals surface area (Å²) in [6, 6.07) is 4.77. The molecule has 1 aliphatic rings. The molecule has 4 rings (SSSR count). The quantitative estimate of drug-likeness (QED) is 0.354. The first-order valence-electron chi connectivity index (χ1n) is 13.1. The second kappa shape index (κ2) is 12.1. The second-order valence-corrected chi connectivity index (χ2v) is 13.7. The van der Waals surface area contributed by atoms with Crippen LogP contribution in [0.3, 0.4) is 0 Å². The number of alkyl halides is 3. The van der Waals surface area contributed by atoms with Gasteiger partial charge in [0.25, 0.3) is 5.56 Å². The van der Waals surface area contributed by atoms with Gasteiger partial charge in [-0.25, -0.2) is 13.2 Å². The number of likely N-dealkylation sites (tertiary alicyclic amines) is 1. The third-order valence-electron chi connectivity index (χ3n) is 7.16. The molecule has 14 heteroatoms. The minimum atomic E-state index is -4.83. The van der Waals surface area contributed by atoms with Gasteiger partial charge in [0.15, 0.2) is 9.84 Å². The van der Waals surface area contributed by atoms with Gasteiger partial charge in [-0.05, 0) is 54.3 Å². The summed E-state index contributed by atoms with van der Waals surface area (Å²) in [5, 5.41) is 2.78. The normalized spacial score (nSPS) is 16.8. The van der Waals surface area contributed by atoms with Crippen LogP contribution in [-0.4, -0.2) is 54.3 Å². The summed E-state index contributed by atoms with van der Waals surface area (Å²) in [4.78, 5) is 30.7. The van der Waals surface area contributed by atoms with Gasteiger partial charge in [-0.2, -0.15) is 13.2 Å². The molecule has 0 saturated carbocycles. The lowest BCUT2D eigenvalue weighted by Crippen LogP contribution is -2.36. The Morgan fingerprint density at radius 1 is 1.15 bits per heavy atom. The summed E-state index contributed by atoms with van der Waals surface area (Å²) >= 11 is 12.5. The summed E-state index contributed by atoms with van der Waals surface area (Å²) in [6.45, 7) is 6.80. The molecule has 3 aromatic rings. The maximum atomic E-state index is 14.3. The Kier molecular flexibility index (Phi) is 9.30. The van der Waals surface area contributed by atoms with Gasteiger partial charge in [0.1, 0.15) is 0 Å². The Balaban J connectivity index is 1.79. The molecular weight excluding hydrogens is 604 g/mol. The molecule has 8 nitrogen and oxygen atoms in total. The highest BCUT2D eigenvalue weighted by molar-refractivity contribution is 7.91. The van der Waals surface area contributed by atoms with Gasteiger partial charge in [0.2, 0.25) is 0 Å². The van der Waals surface area contributed by atoms with Crippen molar-refractivity contribution >= 4 is 43.9 Å². The molecule has 2 aromatic carbocycles.